The van der Waals surface area contributed by atoms with Gasteiger partial charge in [-0.2, -0.15) is 0 Å². The molecule has 0 N–H and O–H groups in total. The molecule has 0 fully saturated rings. The third-order valence-electron chi connectivity index (χ3n) is 11.3. The summed E-state index contributed by atoms with van der Waals surface area (Å²) in [6, 6.07) is 59.8. The number of pyridine rings is 1. The van der Waals surface area contributed by atoms with Crippen LogP contribution in [0, 0.1) is 0 Å². The second kappa shape index (κ2) is 13.9. The number of para-hydroxylation sites is 4. The zero-order chi connectivity index (χ0) is 39.5. The van der Waals surface area contributed by atoms with Crippen LogP contribution in [0.15, 0.2) is 196 Å². The number of furan rings is 2. The summed E-state index contributed by atoms with van der Waals surface area (Å²) in [6.07, 6.45) is 5.82. The van der Waals surface area contributed by atoms with Gasteiger partial charge in [-0.15, -0.1) is 0 Å². The maximum atomic E-state index is 6.58. The van der Waals surface area contributed by atoms with Crippen molar-refractivity contribution < 1.29 is 8.83 Å². The average Bonchev–Trinajstić information content (AvgIpc) is 3.86. The van der Waals surface area contributed by atoms with Gasteiger partial charge in [0.25, 0.3) is 0 Å². The summed E-state index contributed by atoms with van der Waals surface area (Å²) in [6.45, 7) is 5.84. The lowest BCUT2D eigenvalue weighted by Gasteiger charge is -2.29. The van der Waals surface area contributed by atoms with Crippen molar-refractivity contribution in [2.75, 3.05) is 9.80 Å². The van der Waals surface area contributed by atoms with Crippen molar-refractivity contribution in [1.29, 1.82) is 0 Å². The number of hydrogen-bond donors (Lipinski definition) is 0. The molecule has 0 saturated carbocycles. The van der Waals surface area contributed by atoms with Crippen molar-refractivity contribution in [2.45, 2.75) is 6.92 Å². The number of fused-ring (bicyclic) bond motifs is 9. The molecule has 0 atom stereocenters. The summed E-state index contributed by atoms with van der Waals surface area (Å²) in [4.78, 5) is 13.5. The molecule has 59 heavy (non-hydrogen) atoms. The van der Waals surface area contributed by atoms with Crippen LogP contribution in [0.25, 0.3) is 71.4 Å². The topological polar surface area (TPSA) is 58.0 Å². The zero-order valence-electron chi connectivity index (χ0n) is 32.2. The Hall–Kier alpha value is -7.96. The highest BCUT2D eigenvalue weighted by molar-refractivity contribution is 6.25. The number of rotatable bonds is 8. The summed E-state index contributed by atoms with van der Waals surface area (Å²) in [7, 11) is 0. The van der Waals surface area contributed by atoms with E-state index in [9.17, 15) is 0 Å². The van der Waals surface area contributed by atoms with E-state index < -0.39 is 0 Å². The molecular formula is C53H36N4O2. The summed E-state index contributed by atoms with van der Waals surface area (Å²) in [5.41, 5.74) is 8.99. The summed E-state index contributed by atoms with van der Waals surface area (Å²) >= 11 is 0. The van der Waals surface area contributed by atoms with Crippen LogP contribution in [0.4, 0.5) is 40.0 Å². The maximum absolute atomic E-state index is 6.58. The van der Waals surface area contributed by atoms with E-state index in [1.54, 1.807) is 6.20 Å². The number of allylic oxidation sites excluding steroid dienone is 1. The highest BCUT2D eigenvalue weighted by Gasteiger charge is 2.26. The first-order valence-electron chi connectivity index (χ1n) is 19.7. The Morgan fingerprint density at radius 2 is 0.966 bits per heavy atom. The van der Waals surface area contributed by atoms with Gasteiger partial charge < -0.3 is 18.6 Å². The molecule has 6 nitrogen and oxygen atoms in total. The van der Waals surface area contributed by atoms with Gasteiger partial charge in [0.15, 0.2) is 11.2 Å². The van der Waals surface area contributed by atoms with Gasteiger partial charge in [-0.1, -0.05) is 121 Å². The van der Waals surface area contributed by atoms with E-state index in [1.807, 2.05) is 31.2 Å². The van der Waals surface area contributed by atoms with Crippen molar-refractivity contribution in [1.82, 2.24) is 4.98 Å². The summed E-state index contributed by atoms with van der Waals surface area (Å²) < 4.78 is 13.1. The van der Waals surface area contributed by atoms with E-state index in [0.29, 0.717) is 11.6 Å². The number of hydrogen-bond acceptors (Lipinski definition) is 6. The van der Waals surface area contributed by atoms with E-state index in [-0.39, 0.29) is 0 Å². The van der Waals surface area contributed by atoms with Crippen LogP contribution < -0.4 is 9.80 Å². The standard InChI is InChI=1S/C53H36N4O2/c1-3-17-42-40-26-14-29-46(50(40)58-52(42)54-2)56(34-18-6-4-7-19-34)48-32-44-37-23-11-13-25-39(37)49(33-45(44)36-22-10-12-24-38(36)48)57(35-20-8-5-9-21-35)47-30-15-27-41-43-28-16-31-55-53(43)59-51(41)47/h3-33H,2H2,1H3/b17-3-. The molecule has 280 valence electrons. The molecule has 0 spiro atoms. The molecular weight excluding hydrogens is 725 g/mol. The molecule has 0 aliphatic rings. The Morgan fingerprint density at radius 1 is 0.475 bits per heavy atom. The number of nitrogens with zero attached hydrogens (tertiary/aromatic N) is 4. The Morgan fingerprint density at radius 3 is 1.53 bits per heavy atom. The molecule has 3 aromatic heterocycles. The molecule has 6 heteroatoms. The highest BCUT2D eigenvalue weighted by Crippen LogP contribution is 2.50. The second-order valence-corrected chi connectivity index (χ2v) is 14.6. The van der Waals surface area contributed by atoms with Crippen LogP contribution in [-0.4, -0.2) is 11.7 Å². The molecule has 0 aliphatic carbocycles. The highest BCUT2D eigenvalue weighted by atomic mass is 16.4. The fourth-order valence-corrected chi connectivity index (χ4v) is 8.78. The van der Waals surface area contributed by atoms with Gasteiger partial charge in [0.05, 0.1) is 22.7 Å². The molecule has 0 saturated heterocycles. The average molecular weight is 761 g/mol. The van der Waals surface area contributed by atoms with Gasteiger partial charge in [-0.05, 0) is 95.8 Å². The fourth-order valence-electron chi connectivity index (χ4n) is 8.78. The minimum atomic E-state index is 0.498. The lowest BCUT2D eigenvalue weighted by molar-refractivity contribution is 0.626. The molecule has 0 unspecified atom stereocenters. The van der Waals surface area contributed by atoms with Crippen LogP contribution in [0.3, 0.4) is 0 Å². The van der Waals surface area contributed by atoms with Crippen LogP contribution >= 0.6 is 0 Å². The van der Waals surface area contributed by atoms with E-state index >= 15 is 0 Å². The monoisotopic (exact) mass is 760 g/mol. The first-order valence-corrected chi connectivity index (χ1v) is 19.7. The Labute approximate surface area is 340 Å². The molecule has 3 heterocycles. The Bertz CT molecular complexity index is 3440. The molecule has 0 aliphatic heterocycles. The predicted molar refractivity (Wildman–Crippen MR) is 247 cm³/mol. The van der Waals surface area contributed by atoms with Gasteiger partial charge in [-0.25, -0.2) is 9.98 Å². The van der Waals surface area contributed by atoms with E-state index in [0.717, 1.165) is 99.3 Å². The first-order chi connectivity index (χ1) is 29.2. The van der Waals surface area contributed by atoms with Crippen LogP contribution in [0.2, 0.25) is 0 Å². The van der Waals surface area contributed by atoms with Gasteiger partial charge in [0, 0.05) is 50.1 Å². The predicted octanol–water partition coefficient (Wildman–Crippen LogP) is 15.5. The lowest BCUT2D eigenvalue weighted by atomic mass is 9.93. The van der Waals surface area contributed by atoms with Gasteiger partial charge in [-0.3, -0.25) is 0 Å². The number of aromatic nitrogens is 1. The third kappa shape index (κ3) is 5.41. The quantitative estimate of drug-likeness (QED) is 0.114. The molecule has 11 rings (SSSR count). The van der Waals surface area contributed by atoms with E-state index in [4.69, 9.17) is 8.83 Å². The van der Waals surface area contributed by atoms with Crippen LogP contribution in [0.1, 0.15) is 12.5 Å². The van der Waals surface area contributed by atoms with Gasteiger partial charge in [0.2, 0.25) is 11.6 Å². The van der Waals surface area contributed by atoms with Crippen molar-refractivity contribution in [3.05, 3.63) is 188 Å². The SMILES string of the molecule is C=Nc1oc2c(N(c3ccccc3)c3cc4c5ccccc5c(N(c5ccccc5)c5cccc6c5oc5ncccc56)cc4c4ccccc34)cccc2c1/C=C\C. The second-order valence-electron chi connectivity index (χ2n) is 14.6. The molecule has 0 amide bonds. The first kappa shape index (κ1) is 34.3. The largest absolute Gasteiger partial charge is 0.436 e. The van der Waals surface area contributed by atoms with Crippen LogP contribution in [-0.2, 0) is 0 Å². The molecule has 0 bridgehead atoms. The molecule has 8 aromatic carbocycles. The molecule has 11 aromatic rings. The Balaban J connectivity index is 1.23. The van der Waals surface area contributed by atoms with Crippen molar-refractivity contribution in [2.24, 2.45) is 4.99 Å². The lowest BCUT2D eigenvalue weighted by Crippen LogP contribution is -2.12. The minimum absolute atomic E-state index is 0.498. The third-order valence-corrected chi connectivity index (χ3v) is 11.3. The van der Waals surface area contributed by atoms with Gasteiger partial charge >= 0.3 is 0 Å². The summed E-state index contributed by atoms with van der Waals surface area (Å²) in [5, 5.41) is 9.71. The van der Waals surface area contributed by atoms with E-state index in [2.05, 4.69) is 184 Å². The Kier molecular flexibility index (Phi) is 8.08. The maximum Gasteiger partial charge on any atom is 0.227 e. The van der Waals surface area contributed by atoms with Crippen LogP contribution in [0.5, 0.6) is 0 Å². The van der Waals surface area contributed by atoms with Crippen molar-refractivity contribution in [3.63, 3.8) is 0 Å². The number of aliphatic imine (C=N–C) groups is 1. The summed E-state index contributed by atoms with van der Waals surface area (Å²) in [5.74, 6) is 0.498. The number of benzene rings is 8. The fraction of sp³-hybridized carbons (Fsp3) is 0.0189. The smallest absolute Gasteiger partial charge is 0.227 e. The van der Waals surface area contributed by atoms with Gasteiger partial charge in [0.1, 0.15) is 0 Å². The van der Waals surface area contributed by atoms with Crippen molar-refractivity contribution in [3.8, 4) is 0 Å². The normalized spacial score (nSPS) is 11.8. The number of anilines is 6. The van der Waals surface area contributed by atoms with E-state index in [1.165, 1.54) is 0 Å². The van der Waals surface area contributed by atoms with Crippen molar-refractivity contribution >= 4 is 118 Å². The zero-order valence-corrected chi connectivity index (χ0v) is 32.2. The molecule has 0 radical (unpaired) electrons. The minimum Gasteiger partial charge on any atom is -0.436 e.